The van der Waals surface area contributed by atoms with Crippen molar-refractivity contribution in [3.8, 4) is 11.3 Å². The number of hydrogen-bond donors (Lipinski definition) is 0. The van der Waals surface area contributed by atoms with Crippen molar-refractivity contribution in [3.63, 3.8) is 0 Å². The molecule has 6 aromatic rings. The van der Waals surface area contributed by atoms with E-state index in [1.54, 1.807) is 6.20 Å². The van der Waals surface area contributed by atoms with Crippen LogP contribution in [0.5, 0.6) is 0 Å². The number of aromatic nitrogens is 1. The number of rotatable bonds is 5. The summed E-state index contributed by atoms with van der Waals surface area (Å²) in [5, 5.41) is 7.09. The monoisotopic (exact) mass is 743 g/mol. The van der Waals surface area contributed by atoms with Gasteiger partial charge in [-0.05, 0) is 47.3 Å². The molecule has 1 aliphatic rings. The van der Waals surface area contributed by atoms with Gasteiger partial charge in [0.05, 0.1) is 5.58 Å². The fourth-order valence-electron chi connectivity index (χ4n) is 5.81. The molecule has 0 amide bonds. The Morgan fingerprint density at radius 1 is 0.791 bits per heavy atom. The van der Waals surface area contributed by atoms with Gasteiger partial charge in [0.1, 0.15) is 5.58 Å². The molecule has 4 aromatic carbocycles. The second-order valence-electron chi connectivity index (χ2n) is 11.3. The zero-order valence-corrected chi connectivity index (χ0v) is 27.4. The third-order valence-corrected chi connectivity index (χ3v) is 7.84. The van der Waals surface area contributed by atoms with Crippen LogP contribution in [-0.4, -0.2) is 18.1 Å². The summed E-state index contributed by atoms with van der Waals surface area (Å²) in [6.07, 6.45) is 1.87. The molecule has 1 saturated heterocycles. The fraction of sp³-hybridized carbons (Fsp3) is 0.237. The number of para-hydroxylation sites is 2. The van der Waals surface area contributed by atoms with Crippen LogP contribution in [0.3, 0.4) is 0 Å². The minimum Gasteiger partial charge on any atom is -0.639 e. The van der Waals surface area contributed by atoms with Gasteiger partial charge in [-0.25, -0.2) is 0 Å². The Morgan fingerprint density at radius 2 is 1.53 bits per heavy atom. The molecule has 43 heavy (non-hydrogen) atoms. The van der Waals surface area contributed by atoms with E-state index in [-0.39, 0.29) is 26.3 Å². The molecule has 0 N–H and O–H groups in total. The number of benzene rings is 4. The summed E-state index contributed by atoms with van der Waals surface area (Å²) < 4.78 is 5.97. The zero-order chi connectivity index (χ0) is 29.1. The van der Waals surface area contributed by atoms with Crippen LogP contribution in [0.25, 0.3) is 38.5 Å². The van der Waals surface area contributed by atoms with Crippen molar-refractivity contribution in [2.24, 2.45) is 0 Å². The number of nitrogens with zero attached hydrogens (tertiary/aromatic N) is 3. The third-order valence-electron chi connectivity index (χ3n) is 7.84. The van der Waals surface area contributed by atoms with E-state index in [1.807, 2.05) is 60.7 Å². The molecular weight excluding hydrogens is 707 g/mol. The molecule has 0 spiro atoms. The number of fused-ring (bicyclic) bond motifs is 3. The normalized spacial score (nSPS) is 14.7. The van der Waals surface area contributed by atoms with Crippen molar-refractivity contribution >= 4 is 27.6 Å². The minimum absolute atomic E-state index is 0. The molecule has 2 aromatic heterocycles. The van der Waals surface area contributed by atoms with Gasteiger partial charge in [-0.2, -0.15) is 35.9 Å². The summed E-state index contributed by atoms with van der Waals surface area (Å²) in [7, 11) is 0. The predicted molar refractivity (Wildman–Crippen MR) is 174 cm³/mol. The van der Waals surface area contributed by atoms with Gasteiger partial charge in [0, 0.05) is 17.3 Å². The summed E-state index contributed by atoms with van der Waals surface area (Å²) >= 11 is 0. The molecule has 218 valence electrons. The zero-order valence-electron chi connectivity index (χ0n) is 25.0. The second kappa shape index (κ2) is 13.7. The Balaban J connectivity index is 0.000000170. The van der Waals surface area contributed by atoms with Crippen LogP contribution in [0.4, 0.5) is 5.69 Å². The van der Waals surface area contributed by atoms with Crippen molar-refractivity contribution in [1.82, 2.24) is 4.98 Å². The van der Waals surface area contributed by atoms with Gasteiger partial charge in [-0.1, -0.05) is 93.3 Å². The Kier molecular flexibility index (Phi) is 9.77. The average molecular weight is 743 g/mol. The van der Waals surface area contributed by atoms with E-state index in [0.717, 1.165) is 46.3 Å². The van der Waals surface area contributed by atoms with E-state index in [2.05, 4.69) is 86.1 Å². The maximum atomic E-state index is 5.97. The van der Waals surface area contributed by atoms with Gasteiger partial charge < -0.3 is 19.6 Å². The number of anilines is 1. The van der Waals surface area contributed by atoms with E-state index < -0.39 is 0 Å². The molecule has 4 nitrogen and oxygen atoms in total. The summed E-state index contributed by atoms with van der Waals surface area (Å²) in [4.78, 5) is 6.86. The Morgan fingerprint density at radius 3 is 2.23 bits per heavy atom. The molecule has 5 heteroatoms. The predicted octanol–water partition coefficient (Wildman–Crippen LogP) is 10.1. The third kappa shape index (κ3) is 6.31. The van der Waals surface area contributed by atoms with Gasteiger partial charge >= 0.3 is 20.1 Å². The van der Waals surface area contributed by atoms with Crippen LogP contribution in [0, 0.1) is 12.1 Å². The van der Waals surface area contributed by atoms with Crippen LogP contribution in [0.2, 0.25) is 0 Å². The van der Waals surface area contributed by atoms with Crippen molar-refractivity contribution in [2.45, 2.75) is 45.7 Å². The van der Waals surface area contributed by atoms with Crippen molar-refractivity contribution in [1.29, 1.82) is 0 Å². The summed E-state index contributed by atoms with van der Waals surface area (Å²) in [5.74, 6) is 1.01. The van der Waals surface area contributed by atoms with E-state index in [0.29, 0.717) is 11.8 Å². The van der Waals surface area contributed by atoms with E-state index in [1.165, 1.54) is 22.4 Å². The summed E-state index contributed by atoms with van der Waals surface area (Å²) in [6, 6.07) is 39.4. The number of pyridine rings is 1. The largest absolute Gasteiger partial charge is 3.00 e. The van der Waals surface area contributed by atoms with Gasteiger partial charge in [-0.15, -0.1) is 24.7 Å². The van der Waals surface area contributed by atoms with E-state index in [9.17, 15) is 0 Å². The molecule has 0 aliphatic carbocycles. The first-order valence-corrected chi connectivity index (χ1v) is 14.8. The summed E-state index contributed by atoms with van der Waals surface area (Å²) in [6.45, 7) is 11.0. The molecule has 1 fully saturated rings. The second-order valence-corrected chi connectivity index (χ2v) is 11.3. The maximum absolute atomic E-state index is 5.97. The first-order valence-electron chi connectivity index (χ1n) is 14.8. The molecule has 3 heterocycles. The molecule has 1 unspecified atom stereocenters. The number of furan rings is 1. The SMILES string of the molecule is CC(C)c1cccc(C(C)C)c1N1CC[N-]C1c1[c-]cccc1.[Ir+3].[c-]1ccc2c(oc3ccccc32)c1-c1ccccn1. The topological polar surface area (TPSA) is 43.4 Å². The van der Waals surface area contributed by atoms with Gasteiger partial charge in [0.25, 0.3) is 0 Å². The standard InChI is InChI=1S/C21H26N2.C17H10NO.Ir/c1-15(2)18-11-8-12-19(16(3)4)20(18)23-14-13-22-21(23)17-9-6-5-7-10-17;1-2-10-16-12(6-1)13-7-5-8-14(17(13)19-16)15-9-3-4-11-18-15;/h5-9,11-12,15-16,21H,13-14H2,1-4H3;1-7,9-11H;/q-2;-1;+3. The molecular formula is C38H36IrN3O. The Hall–Kier alpha value is -3.76. The minimum atomic E-state index is 0. The van der Waals surface area contributed by atoms with Crippen LogP contribution in [0.15, 0.2) is 108 Å². The van der Waals surface area contributed by atoms with Crippen LogP contribution >= 0.6 is 0 Å². The molecule has 1 atom stereocenters. The van der Waals surface area contributed by atoms with E-state index in [4.69, 9.17) is 9.73 Å². The van der Waals surface area contributed by atoms with Crippen molar-refractivity contribution in [2.75, 3.05) is 18.0 Å². The first-order chi connectivity index (χ1) is 20.5. The smallest absolute Gasteiger partial charge is 0.639 e. The quantitative estimate of drug-likeness (QED) is 0.165. The fourth-order valence-corrected chi connectivity index (χ4v) is 5.81. The molecule has 1 aliphatic heterocycles. The van der Waals surface area contributed by atoms with Gasteiger partial charge in [0.2, 0.25) is 0 Å². The molecule has 7 rings (SSSR count). The molecule has 0 radical (unpaired) electrons. The Labute approximate surface area is 268 Å². The van der Waals surface area contributed by atoms with Crippen LogP contribution in [-0.2, 0) is 20.1 Å². The summed E-state index contributed by atoms with van der Waals surface area (Å²) in [5.41, 5.74) is 8.95. The van der Waals surface area contributed by atoms with Crippen LogP contribution in [0.1, 0.15) is 62.4 Å². The number of hydrogen-bond acceptors (Lipinski definition) is 3. The van der Waals surface area contributed by atoms with E-state index >= 15 is 0 Å². The average Bonchev–Trinajstić information content (AvgIpc) is 3.67. The first kappa shape index (κ1) is 30.7. The van der Waals surface area contributed by atoms with Gasteiger partial charge in [-0.3, -0.25) is 0 Å². The van der Waals surface area contributed by atoms with Crippen molar-refractivity contribution < 1.29 is 24.5 Å². The Bertz CT molecular complexity index is 1750. The maximum Gasteiger partial charge on any atom is 3.00 e. The van der Waals surface area contributed by atoms with Gasteiger partial charge in [0.15, 0.2) is 0 Å². The molecule has 0 saturated carbocycles. The van der Waals surface area contributed by atoms with Crippen molar-refractivity contribution in [3.05, 3.63) is 137 Å². The van der Waals surface area contributed by atoms with Crippen LogP contribution < -0.4 is 4.90 Å². The molecule has 0 bridgehead atoms.